The minimum Gasteiger partial charge on any atom is -0.395 e. The zero-order valence-corrected chi connectivity index (χ0v) is 6.31. The van der Waals surface area contributed by atoms with Gasteiger partial charge in [0.25, 0.3) is 0 Å². The molecule has 0 amide bonds. The SMILES string of the molecule is Cc1cnc(N)c(N)c1Cl. The summed E-state index contributed by atoms with van der Waals surface area (Å²) in [6, 6.07) is 0. The average molecular weight is 158 g/mol. The Labute approximate surface area is 64.0 Å². The second kappa shape index (κ2) is 2.34. The first kappa shape index (κ1) is 7.15. The Morgan fingerprint density at radius 1 is 1.50 bits per heavy atom. The Hall–Kier alpha value is -0.960. The lowest BCUT2D eigenvalue weighted by Crippen LogP contribution is -1.99. The molecule has 0 aliphatic rings. The number of aryl methyl sites for hydroxylation is 1. The van der Waals surface area contributed by atoms with Crippen molar-refractivity contribution in [2.45, 2.75) is 6.92 Å². The average Bonchev–Trinajstić information content (AvgIpc) is 1.93. The maximum Gasteiger partial charge on any atom is 0.148 e. The van der Waals surface area contributed by atoms with Crippen molar-refractivity contribution in [1.29, 1.82) is 0 Å². The monoisotopic (exact) mass is 157 g/mol. The molecule has 0 spiro atoms. The summed E-state index contributed by atoms with van der Waals surface area (Å²) < 4.78 is 0. The van der Waals surface area contributed by atoms with Gasteiger partial charge in [-0.2, -0.15) is 0 Å². The largest absolute Gasteiger partial charge is 0.395 e. The lowest BCUT2D eigenvalue weighted by Gasteiger charge is -2.02. The Morgan fingerprint density at radius 3 is 2.60 bits per heavy atom. The summed E-state index contributed by atoms with van der Waals surface area (Å²) in [4.78, 5) is 3.81. The molecule has 0 aromatic carbocycles. The highest BCUT2D eigenvalue weighted by Gasteiger charge is 2.03. The Morgan fingerprint density at radius 2 is 2.10 bits per heavy atom. The summed E-state index contributed by atoms with van der Waals surface area (Å²) in [5.41, 5.74) is 12.0. The maximum atomic E-state index is 5.74. The van der Waals surface area contributed by atoms with Crippen LogP contribution in [0.25, 0.3) is 0 Å². The summed E-state index contributed by atoms with van der Waals surface area (Å²) in [7, 11) is 0. The third-order valence-corrected chi connectivity index (χ3v) is 1.76. The highest BCUT2D eigenvalue weighted by Crippen LogP contribution is 2.25. The number of nitrogens with two attached hydrogens (primary N) is 2. The highest BCUT2D eigenvalue weighted by molar-refractivity contribution is 6.34. The molecule has 0 aliphatic heterocycles. The van der Waals surface area contributed by atoms with Crippen LogP contribution >= 0.6 is 11.6 Å². The summed E-state index contributed by atoms with van der Waals surface area (Å²) in [5.74, 6) is 0.288. The molecule has 4 heteroatoms. The Bertz CT molecular complexity index is 232. The summed E-state index contributed by atoms with van der Waals surface area (Å²) in [6.07, 6.45) is 1.59. The van der Waals surface area contributed by atoms with E-state index in [0.29, 0.717) is 10.7 Å². The molecule has 4 N–H and O–H groups in total. The molecule has 1 aromatic rings. The molecule has 10 heavy (non-hydrogen) atoms. The van der Waals surface area contributed by atoms with Crippen LogP contribution in [0.5, 0.6) is 0 Å². The van der Waals surface area contributed by atoms with E-state index in [0.717, 1.165) is 5.56 Å². The smallest absolute Gasteiger partial charge is 0.148 e. The van der Waals surface area contributed by atoms with E-state index in [-0.39, 0.29) is 5.82 Å². The first-order chi connectivity index (χ1) is 4.63. The van der Waals surface area contributed by atoms with Crippen LogP contribution < -0.4 is 11.5 Å². The molecular formula is C6H8ClN3. The zero-order valence-electron chi connectivity index (χ0n) is 5.56. The highest BCUT2D eigenvalue weighted by atomic mass is 35.5. The van der Waals surface area contributed by atoms with Crippen molar-refractivity contribution in [3.05, 3.63) is 16.8 Å². The number of hydrogen-bond donors (Lipinski definition) is 2. The molecule has 54 valence electrons. The molecule has 1 heterocycles. The van der Waals surface area contributed by atoms with Gasteiger partial charge < -0.3 is 11.5 Å². The number of anilines is 2. The van der Waals surface area contributed by atoms with Crippen LogP contribution in [-0.2, 0) is 0 Å². The first-order valence-electron chi connectivity index (χ1n) is 2.79. The number of halogens is 1. The summed E-state index contributed by atoms with van der Waals surface area (Å²) >= 11 is 5.74. The van der Waals surface area contributed by atoms with Gasteiger partial charge in [-0.05, 0) is 12.5 Å². The van der Waals surface area contributed by atoms with Crippen molar-refractivity contribution in [1.82, 2.24) is 4.98 Å². The molecule has 0 atom stereocenters. The van der Waals surface area contributed by atoms with E-state index in [9.17, 15) is 0 Å². The lowest BCUT2D eigenvalue weighted by atomic mass is 10.3. The molecule has 0 saturated carbocycles. The molecule has 0 unspecified atom stereocenters. The van der Waals surface area contributed by atoms with Gasteiger partial charge in [-0.1, -0.05) is 11.6 Å². The quantitative estimate of drug-likeness (QED) is 0.595. The van der Waals surface area contributed by atoms with Crippen LogP contribution in [0.4, 0.5) is 11.5 Å². The van der Waals surface area contributed by atoms with Crippen LogP contribution in [0.15, 0.2) is 6.20 Å². The van der Waals surface area contributed by atoms with Crippen LogP contribution in [-0.4, -0.2) is 4.98 Å². The van der Waals surface area contributed by atoms with E-state index >= 15 is 0 Å². The van der Waals surface area contributed by atoms with Crippen molar-refractivity contribution in [2.24, 2.45) is 0 Å². The fraction of sp³-hybridized carbons (Fsp3) is 0.167. The van der Waals surface area contributed by atoms with E-state index in [1.807, 2.05) is 6.92 Å². The predicted molar refractivity (Wildman–Crippen MR) is 42.8 cm³/mol. The number of nitrogens with zero attached hydrogens (tertiary/aromatic N) is 1. The number of nitrogen functional groups attached to an aromatic ring is 2. The number of pyridine rings is 1. The molecule has 3 nitrogen and oxygen atoms in total. The van der Waals surface area contributed by atoms with E-state index < -0.39 is 0 Å². The number of aromatic nitrogens is 1. The van der Waals surface area contributed by atoms with Gasteiger partial charge in [0, 0.05) is 6.20 Å². The van der Waals surface area contributed by atoms with Crippen LogP contribution in [0, 0.1) is 6.92 Å². The van der Waals surface area contributed by atoms with Crippen LogP contribution in [0.3, 0.4) is 0 Å². The molecule has 0 aliphatic carbocycles. The van der Waals surface area contributed by atoms with E-state index in [1.165, 1.54) is 0 Å². The fourth-order valence-electron chi connectivity index (χ4n) is 0.617. The normalized spacial score (nSPS) is 9.80. The van der Waals surface area contributed by atoms with Gasteiger partial charge in [-0.25, -0.2) is 4.98 Å². The molecule has 0 bridgehead atoms. The minimum atomic E-state index is 0.288. The second-order valence-corrected chi connectivity index (χ2v) is 2.43. The molecule has 1 aromatic heterocycles. The minimum absolute atomic E-state index is 0.288. The number of hydrogen-bond acceptors (Lipinski definition) is 3. The van der Waals surface area contributed by atoms with Crippen molar-refractivity contribution >= 4 is 23.1 Å². The van der Waals surface area contributed by atoms with E-state index in [4.69, 9.17) is 23.1 Å². The standard InChI is InChI=1S/C6H8ClN3/c1-3-2-10-6(9)5(8)4(3)7/h2H,8H2,1H3,(H2,9,10). The predicted octanol–water partition coefficient (Wildman–Crippen LogP) is 1.21. The Balaban J connectivity index is 3.34. The van der Waals surface area contributed by atoms with Crippen LogP contribution in [0.2, 0.25) is 5.02 Å². The van der Waals surface area contributed by atoms with Gasteiger partial charge in [0.05, 0.1) is 10.7 Å². The Kier molecular flexibility index (Phi) is 1.68. The molecule has 0 fully saturated rings. The molecule has 0 saturated heterocycles. The topological polar surface area (TPSA) is 64.9 Å². The third kappa shape index (κ3) is 0.998. The van der Waals surface area contributed by atoms with Crippen LogP contribution in [0.1, 0.15) is 5.56 Å². The maximum absolute atomic E-state index is 5.74. The van der Waals surface area contributed by atoms with Crippen molar-refractivity contribution in [3.8, 4) is 0 Å². The van der Waals surface area contributed by atoms with Gasteiger partial charge in [0.1, 0.15) is 5.82 Å². The number of rotatable bonds is 0. The van der Waals surface area contributed by atoms with Crippen molar-refractivity contribution in [2.75, 3.05) is 11.5 Å². The second-order valence-electron chi connectivity index (χ2n) is 2.05. The molecule has 1 rings (SSSR count). The van der Waals surface area contributed by atoms with E-state index in [2.05, 4.69) is 4.98 Å². The van der Waals surface area contributed by atoms with Gasteiger partial charge in [0.2, 0.25) is 0 Å². The molecule has 0 radical (unpaired) electrons. The zero-order chi connectivity index (χ0) is 7.72. The van der Waals surface area contributed by atoms with Gasteiger partial charge in [0.15, 0.2) is 0 Å². The lowest BCUT2D eigenvalue weighted by molar-refractivity contribution is 1.28. The van der Waals surface area contributed by atoms with Crippen molar-refractivity contribution < 1.29 is 0 Å². The first-order valence-corrected chi connectivity index (χ1v) is 3.16. The molecular weight excluding hydrogens is 150 g/mol. The summed E-state index contributed by atoms with van der Waals surface area (Å²) in [6.45, 7) is 1.82. The fourth-order valence-corrected chi connectivity index (χ4v) is 0.763. The van der Waals surface area contributed by atoms with E-state index in [1.54, 1.807) is 6.20 Å². The summed E-state index contributed by atoms with van der Waals surface area (Å²) in [5, 5.41) is 0.493. The van der Waals surface area contributed by atoms with Gasteiger partial charge >= 0.3 is 0 Å². The third-order valence-electron chi connectivity index (χ3n) is 1.26. The van der Waals surface area contributed by atoms with Gasteiger partial charge in [-0.3, -0.25) is 0 Å². The van der Waals surface area contributed by atoms with Crippen molar-refractivity contribution in [3.63, 3.8) is 0 Å². The van der Waals surface area contributed by atoms with Gasteiger partial charge in [-0.15, -0.1) is 0 Å².